The molecule has 134 valence electrons. The van der Waals surface area contributed by atoms with Crippen molar-refractivity contribution in [2.45, 2.75) is 32.0 Å². The summed E-state index contributed by atoms with van der Waals surface area (Å²) in [6.07, 6.45) is -3.91. The summed E-state index contributed by atoms with van der Waals surface area (Å²) < 4.78 is 42.8. The maximum Gasteiger partial charge on any atom is 0.414 e. The zero-order valence-electron chi connectivity index (χ0n) is 14.0. The van der Waals surface area contributed by atoms with Crippen LogP contribution < -0.4 is 4.74 Å². The van der Waals surface area contributed by atoms with Crippen molar-refractivity contribution < 1.29 is 23.0 Å². The number of likely N-dealkylation sites (tertiary alicyclic amines) is 1. The van der Waals surface area contributed by atoms with E-state index in [1.54, 1.807) is 7.11 Å². The van der Waals surface area contributed by atoms with Crippen LogP contribution in [0.15, 0.2) is 29.8 Å². The molecule has 6 heteroatoms. The Morgan fingerprint density at radius 3 is 2.38 bits per heavy atom. The molecule has 1 aromatic rings. The van der Waals surface area contributed by atoms with E-state index in [1.165, 1.54) is 0 Å². The SMILES string of the molecule is COc1ccc(/C=C(/C)CN2CCC(C(O)C(F)(F)F)CC2)cc1. The van der Waals surface area contributed by atoms with E-state index in [2.05, 4.69) is 11.0 Å². The first-order chi connectivity index (χ1) is 11.3. The smallest absolute Gasteiger partial charge is 0.414 e. The Labute approximate surface area is 140 Å². The summed E-state index contributed by atoms with van der Waals surface area (Å²) in [5, 5.41) is 9.35. The van der Waals surface area contributed by atoms with E-state index in [4.69, 9.17) is 4.74 Å². The summed E-state index contributed by atoms with van der Waals surface area (Å²) in [4.78, 5) is 2.13. The molecule has 0 saturated carbocycles. The van der Waals surface area contributed by atoms with Gasteiger partial charge in [0.25, 0.3) is 0 Å². The molecule has 0 spiro atoms. The largest absolute Gasteiger partial charge is 0.497 e. The summed E-state index contributed by atoms with van der Waals surface area (Å²) in [5.74, 6) is 0.113. The van der Waals surface area contributed by atoms with E-state index >= 15 is 0 Å². The molecule has 0 aromatic heterocycles. The monoisotopic (exact) mass is 343 g/mol. The lowest BCUT2D eigenvalue weighted by Crippen LogP contribution is -2.43. The molecule has 1 fully saturated rings. The molecule has 3 nitrogen and oxygen atoms in total. The van der Waals surface area contributed by atoms with Crippen molar-refractivity contribution in [3.8, 4) is 5.75 Å². The van der Waals surface area contributed by atoms with Crippen molar-refractivity contribution in [2.24, 2.45) is 5.92 Å². The van der Waals surface area contributed by atoms with Crippen LogP contribution in [0.25, 0.3) is 6.08 Å². The van der Waals surface area contributed by atoms with Crippen LogP contribution in [0, 0.1) is 5.92 Å². The zero-order chi connectivity index (χ0) is 17.7. The van der Waals surface area contributed by atoms with Crippen molar-refractivity contribution in [2.75, 3.05) is 26.7 Å². The molecule has 1 N–H and O–H groups in total. The first-order valence-corrected chi connectivity index (χ1v) is 8.08. The maximum absolute atomic E-state index is 12.6. The van der Waals surface area contributed by atoms with Crippen LogP contribution in [-0.2, 0) is 0 Å². The molecule has 1 heterocycles. The van der Waals surface area contributed by atoms with Crippen LogP contribution in [0.4, 0.5) is 13.2 Å². The Kier molecular flexibility index (Phi) is 6.29. The molecule has 0 bridgehead atoms. The van der Waals surface area contributed by atoms with Gasteiger partial charge in [-0.2, -0.15) is 13.2 Å². The van der Waals surface area contributed by atoms with Gasteiger partial charge < -0.3 is 9.84 Å². The molecule has 2 rings (SSSR count). The lowest BCUT2D eigenvalue weighted by atomic mass is 9.90. The normalized spacial score (nSPS) is 19.3. The third kappa shape index (κ3) is 5.24. The summed E-state index contributed by atoms with van der Waals surface area (Å²) in [5.41, 5.74) is 2.21. The van der Waals surface area contributed by atoms with E-state index in [1.807, 2.05) is 31.2 Å². The third-order valence-corrected chi connectivity index (χ3v) is 4.42. The fraction of sp³-hybridized carbons (Fsp3) is 0.556. The van der Waals surface area contributed by atoms with Crippen LogP contribution >= 0.6 is 0 Å². The fourth-order valence-electron chi connectivity index (χ4n) is 3.08. The van der Waals surface area contributed by atoms with Crippen LogP contribution in [0.2, 0.25) is 0 Å². The molecule has 1 aliphatic heterocycles. The number of nitrogens with zero attached hydrogens (tertiary/aromatic N) is 1. The Bertz CT molecular complexity index is 546. The highest BCUT2D eigenvalue weighted by Crippen LogP contribution is 2.31. The summed E-state index contributed by atoms with van der Waals surface area (Å²) in [7, 11) is 1.62. The molecule has 1 aromatic carbocycles. The van der Waals surface area contributed by atoms with Gasteiger partial charge in [0.1, 0.15) is 5.75 Å². The second-order valence-electron chi connectivity index (χ2n) is 6.36. The number of ether oxygens (including phenoxy) is 1. The molecule has 1 atom stereocenters. The topological polar surface area (TPSA) is 32.7 Å². The van der Waals surface area contributed by atoms with E-state index in [9.17, 15) is 18.3 Å². The molecule has 0 aliphatic carbocycles. The second kappa shape index (κ2) is 8.03. The van der Waals surface area contributed by atoms with Crippen molar-refractivity contribution in [1.82, 2.24) is 4.90 Å². The number of alkyl halides is 3. The predicted octanol–water partition coefficient (Wildman–Crippen LogP) is 3.73. The van der Waals surface area contributed by atoms with Crippen molar-refractivity contribution in [3.05, 3.63) is 35.4 Å². The van der Waals surface area contributed by atoms with E-state index in [0.717, 1.165) is 23.4 Å². The van der Waals surface area contributed by atoms with Gasteiger partial charge in [0.05, 0.1) is 7.11 Å². The van der Waals surface area contributed by atoms with Crippen molar-refractivity contribution in [3.63, 3.8) is 0 Å². The Hall–Kier alpha value is -1.53. The van der Waals surface area contributed by atoms with Gasteiger partial charge in [0.2, 0.25) is 0 Å². The highest BCUT2D eigenvalue weighted by molar-refractivity contribution is 5.53. The zero-order valence-corrected chi connectivity index (χ0v) is 14.0. The number of methoxy groups -OCH3 is 1. The van der Waals surface area contributed by atoms with Crippen LogP contribution in [-0.4, -0.2) is 49.0 Å². The summed E-state index contributed by atoms with van der Waals surface area (Å²) >= 11 is 0. The summed E-state index contributed by atoms with van der Waals surface area (Å²) in [6.45, 7) is 3.89. The number of aliphatic hydroxyl groups excluding tert-OH is 1. The van der Waals surface area contributed by atoms with Gasteiger partial charge in [0.15, 0.2) is 6.10 Å². The van der Waals surface area contributed by atoms with Crippen molar-refractivity contribution in [1.29, 1.82) is 0 Å². The van der Waals surface area contributed by atoms with Gasteiger partial charge in [-0.05, 0) is 56.5 Å². The average molecular weight is 343 g/mol. The highest BCUT2D eigenvalue weighted by atomic mass is 19.4. The first kappa shape index (κ1) is 18.8. The number of piperidine rings is 1. The fourth-order valence-corrected chi connectivity index (χ4v) is 3.08. The lowest BCUT2D eigenvalue weighted by molar-refractivity contribution is -0.223. The standard InChI is InChI=1S/C18H24F3NO2/c1-13(11-14-3-5-16(24-2)6-4-14)12-22-9-7-15(8-10-22)17(23)18(19,20)21/h3-6,11,15,17,23H,7-10,12H2,1-2H3/b13-11-. The van der Waals surface area contributed by atoms with Gasteiger partial charge in [-0.1, -0.05) is 23.8 Å². The number of rotatable bonds is 5. The molecule has 0 amide bonds. The maximum atomic E-state index is 12.6. The molecule has 1 unspecified atom stereocenters. The Morgan fingerprint density at radius 2 is 1.88 bits per heavy atom. The number of aliphatic hydroxyl groups is 1. The number of hydrogen-bond donors (Lipinski definition) is 1. The number of hydrogen-bond acceptors (Lipinski definition) is 3. The van der Waals surface area contributed by atoms with Gasteiger partial charge >= 0.3 is 6.18 Å². The number of halogens is 3. The first-order valence-electron chi connectivity index (χ1n) is 8.08. The van der Waals surface area contributed by atoms with Gasteiger partial charge in [-0.25, -0.2) is 0 Å². The highest BCUT2D eigenvalue weighted by Gasteiger charge is 2.44. The van der Waals surface area contributed by atoms with Crippen LogP contribution in [0.1, 0.15) is 25.3 Å². The Morgan fingerprint density at radius 1 is 1.29 bits per heavy atom. The third-order valence-electron chi connectivity index (χ3n) is 4.42. The summed E-state index contributed by atoms with van der Waals surface area (Å²) in [6, 6.07) is 7.72. The minimum Gasteiger partial charge on any atom is -0.497 e. The number of benzene rings is 1. The minimum absolute atomic E-state index is 0.372. The Balaban J connectivity index is 1.85. The molecule has 1 saturated heterocycles. The second-order valence-corrected chi connectivity index (χ2v) is 6.36. The lowest BCUT2D eigenvalue weighted by Gasteiger charge is -2.34. The van der Waals surface area contributed by atoms with Gasteiger partial charge in [-0.3, -0.25) is 4.90 Å². The molecule has 0 radical (unpaired) electrons. The van der Waals surface area contributed by atoms with Crippen molar-refractivity contribution >= 4 is 6.08 Å². The van der Waals surface area contributed by atoms with E-state index in [-0.39, 0.29) is 0 Å². The molecule has 24 heavy (non-hydrogen) atoms. The van der Waals surface area contributed by atoms with Crippen LogP contribution in [0.5, 0.6) is 5.75 Å². The van der Waals surface area contributed by atoms with Gasteiger partial charge in [-0.15, -0.1) is 0 Å². The molecular formula is C18H24F3NO2. The minimum atomic E-state index is -4.52. The van der Waals surface area contributed by atoms with E-state index < -0.39 is 18.2 Å². The van der Waals surface area contributed by atoms with E-state index in [0.29, 0.717) is 25.9 Å². The predicted molar refractivity (Wildman–Crippen MR) is 87.9 cm³/mol. The average Bonchev–Trinajstić information content (AvgIpc) is 2.54. The molecular weight excluding hydrogens is 319 g/mol. The quantitative estimate of drug-likeness (QED) is 0.884. The molecule has 1 aliphatic rings. The van der Waals surface area contributed by atoms with Gasteiger partial charge in [0, 0.05) is 6.54 Å². The van der Waals surface area contributed by atoms with Crippen LogP contribution in [0.3, 0.4) is 0 Å².